The van der Waals surface area contributed by atoms with E-state index >= 15 is 0 Å². The zero-order valence-corrected chi connectivity index (χ0v) is 15.1. The zero-order valence-electron chi connectivity index (χ0n) is 13.0. The molecule has 1 amide bonds. The smallest absolute Gasteiger partial charge is 0.416 e. The average molecular weight is 463 g/mol. The molecule has 0 aliphatic rings. The van der Waals surface area contributed by atoms with Crippen molar-refractivity contribution in [3.8, 4) is 0 Å². The molecule has 0 spiro atoms. The summed E-state index contributed by atoms with van der Waals surface area (Å²) in [6.45, 7) is 1.84. The summed E-state index contributed by atoms with van der Waals surface area (Å²) >= 11 is 2.01. The van der Waals surface area contributed by atoms with Gasteiger partial charge in [0, 0.05) is 9.13 Å². The Morgan fingerprint density at radius 3 is 2.32 bits per heavy atom. The number of hydrogen-bond acceptors (Lipinski definition) is 3. The number of alkyl halides is 3. The van der Waals surface area contributed by atoms with Crippen molar-refractivity contribution >= 4 is 40.2 Å². The third kappa shape index (κ3) is 4.94. The zero-order chi connectivity index (χ0) is 18.6. The predicted octanol–water partition coefficient (Wildman–Crippen LogP) is 4.74. The van der Waals surface area contributed by atoms with Gasteiger partial charge in [0.25, 0.3) is 5.91 Å². The van der Waals surface area contributed by atoms with Gasteiger partial charge in [-0.25, -0.2) is 4.79 Å². The first-order valence-electron chi connectivity index (χ1n) is 7.17. The van der Waals surface area contributed by atoms with Gasteiger partial charge in [-0.15, -0.1) is 0 Å². The molecule has 0 unspecified atom stereocenters. The van der Waals surface area contributed by atoms with Crippen LogP contribution >= 0.6 is 22.6 Å². The van der Waals surface area contributed by atoms with E-state index in [-0.39, 0.29) is 23.4 Å². The van der Waals surface area contributed by atoms with Gasteiger partial charge < -0.3 is 10.1 Å². The normalized spacial score (nSPS) is 11.1. The second kappa shape index (κ2) is 7.85. The van der Waals surface area contributed by atoms with Crippen LogP contribution in [0.25, 0.3) is 0 Å². The fourth-order valence-corrected chi connectivity index (χ4v) is 2.50. The quantitative estimate of drug-likeness (QED) is 0.527. The Morgan fingerprint density at radius 1 is 1.12 bits per heavy atom. The van der Waals surface area contributed by atoms with Crippen molar-refractivity contribution in [2.24, 2.45) is 0 Å². The van der Waals surface area contributed by atoms with E-state index in [1.807, 2.05) is 22.6 Å². The van der Waals surface area contributed by atoms with Crippen molar-refractivity contribution in [3.05, 3.63) is 62.7 Å². The first kappa shape index (κ1) is 19.2. The maximum atomic E-state index is 12.6. The molecule has 8 heteroatoms. The van der Waals surface area contributed by atoms with Crippen molar-refractivity contribution in [2.45, 2.75) is 13.1 Å². The van der Waals surface area contributed by atoms with E-state index in [9.17, 15) is 22.8 Å². The lowest BCUT2D eigenvalue weighted by Crippen LogP contribution is -2.16. The second-order valence-corrected chi connectivity index (χ2v) is 6.19. The topological polar surface area (TPSA) is 55.4 Å². The number of amides is 1. The van der Waals surface area contributed by atoms with Crippen LogP contribution in [0.1, 0.15) is 33.2 Å². The molecule has 1 N–H and O–H groups in total. The lowest BCUT2D eigenvalue weighted by molar-refractivity contribution is -0.137. The minimum atomic E-state index is -4.47. The molecule has 2 aromatic carbocycles. The Balaban J connectivity index is 2.24. The number of anilines is 1. The van der Waals surface area contributed by atoms with Gasteiger partial charge in [0.05, 0.1) is 23.4 Å². The molecular weight excluding hydrogens is 450 g/mol. The van der Waals surface area contributed by atoms with E-state index in [1.165, 1.54) is 6.07 Å². The Hall–Kier alpha value is -2.10. The fraction of sp³-hybridized carbons (Fsp3) is 0.176. The number of halogens is 4. The molecule has 0 radical (unpaired) electrons. The van der Waals surface area contributed by atoms with E-state index in [0.717, 1.165) is 27.8 Å². The van der Waals surface area contributed by atoms with Gasteiger partial charge in [-0.3, -0.25) is 4.79 Å². The van der Waals surface area contributed by atoms with Gasteiger partial charge in [-0.05, 0) is 72.0 Å². The highest BCUT2D eigenvalue weighted by Gasteiger charge is 2.30. The van der Waals surface area contributed by atoms with Gasteiger partial charge in [-0.1, -0.05) is 0 Å². The van der Waals surface area contributed by atoms with Crippen LogP contribution in [-0.4, -0.2) is 18.5 Å². The van der Waals surface area contributed by atoms with Gasteiger partial charge in [0.15, 0.2) is 0 Å². The van der Waals surface area contributed by atoms with Gasteiger partial charge >= 0.3 is 12.1 Å². The van der Waals surface area contributed by atoms with E-state index in [2.05, 4.69) is 5.32 Å². The molecule has 132 valence electrons. The van der Waals surface area contributed by atoms with E-state index in [4.69, 9.17) is 4.74 Å². The molecule has 0 saturated carbocycles. The second-order valence-electron chi connectivity index (χ2n) is 4.94. The number of ether oxygens (including phenoxy) is 1. The van der Waals surface area contributed by atoms with Crippen LogP contribution in [0.2, 0.25) is 0 Å². The minimum absolute atomic E-state index is 0.0429. The number of benzene rings is 2. The number of carbonyl (C=O) groups excluding carboxylic acids is 2. The van der Waals surface area contributed by atoms with Gasteiger partial charge in [0.2, 0.25) is 0 Å². The highest BCUT2D eigenvalue weighted by molar-refractivity contribution is 14.1. The van der Waals surface area contributed by atoms with Gasteiger partial charge in [-0.2, -0.15) is 13.2 Å². The standard InChI is InChI=1S/C17H13F3INO3/c1-2-25-16(24)13-9-12(21)7-8-14(13)22-15(23)10-3-5-11(6-4-10)17(18,19)20/h3-9H,2H2,1H3,(H,22,23). The molecule has 0 saturated heterocycles. The molecule has 25 heavy (non-hydrogen) atoms. The van der Waals surface area contributed by atoms with E-state index in [0.29, 0.717) is 0 Å². The molecule has 0 aliphatic carbocycles. The summed E-state index contributed by atoms with van der Waals surface area (Å²) in [6.07, 6.45) is -4.47. The molecule has 0 aromatic heterocycles. The summed E-state index contributed by atoms with van der Waals surface area (Å²) < 4.78 is 43.4. The van der Waals surface area contributed by atoms with E-state index < -0.39 is 23.6 Å². The summed E-state index contributed by atoms with van der Waals surface area (Å²) in [6, 6.07) is 8.59. The Labute approximate surface area is 155 Å². The highest BCUT2D eigenvalue weighted by atomic mass is 127. The SMILES string of the molecule is CCOC(=O)c1cc(I)ccc1NC(=O)c1ccc(C(F)(F)F)cc1. The third-order valence-electron chi connectivity index (χ3n) is 3.20. The Morgan fingerprint density at radius 2 is 1.76 bits per heavy atom. The summed E-state index contributed by atoms with van der Waals surface area (Å²) in [4.78, 5) is 24.2. The van der Waals surface area contributed by atoms with Crippen LogP contribution in [0.15, 0.2) is 42.5 Å². The first-order valence-corrected chi connectivity index (χ1v) is 8.25. The number of nitrogens with one attached hydrogen (secondary N) is 1. The molecule has 0 atom stereocenters. The number of hydrogen-bond donors (Lipinski definition) is 1. The summed E-state index contributed by atoms with van der Waals surface area (Å²) in [5, 5.41) is 2.53. The van der Waals surface area contributed by atoms with Crippen molar-refractivity contribution in [1.29, 1.82) is 0 Å². The summed E-state index contributed by atoms with van der Waals surface area (Å²) in [5.74, 6) is -1.22. The molecule has 0 bridgehead atoms. The predicted molar refractivity (Wildman–Crippen MR) is 94.5 cm³/mol. The van der Waals surface area contributed by atoms with Crippen LogP contribution in [0.3, 0.4) is 0 Å². The number of rotatable bonds is 4. The van der Waals surface area contributed by atoms with Crippen LogP contribution in [0.5, 0.6) is 0 Å². The van der Waals surface area contributed by atoms with Crippen LogP contribution in [0.4, 0.5) is 18.9 Å². The Bertz CT molecular complexity index is 789. The molecule has 4 nitrogen and oxygen atoms in total. The molecule has 2 rings (SSSR count). The number of carbonyl (C=O) groups is 2. The van der Waals surface area contributed by atoms with Crippen molar-refractivity contribution in [3.63, 3.8) is 0 Å². The van der Waals surface area contributed by atoms with E-state index in [1.54, 1.807) is 19.1 Å². The third-order valence-corrected chi connectivity index (χ3v) is 3.87. The maximum Gasteiger partial charge on any atom is 0.416 e. The van der Waals surface area contributed by atoms with Gasteiger partial charge in [0.1, 0.15) is 0 Å². The highest BCUT2D eigenvalue weighted by Crippen LogP contribution is 2.29. The Kier molecular flexibility index (Phi) is 6.04. The molecular formula is C17H13F3INO3. The summed E-state index contributed by atoms with van der Waals surface area (Å²) in [5.41, 5.74) is -0.398. The first-order chi connectivity index (χ1) is 11.7. The maximum absolute atomic E-state index is 12.6. The fourth-order valence-electron chi connectivity index (χ4n) is 2.01. The van der Waals surface area contributed by atoms with Crippen LogP contribution in [-0.2, 0) is 10.9 Å². The van der Waals surface area contributed by atoms with Crippen LogP contribution in [0, 0.1) is 3.57 Å². The number of esters is 1. The molecule has 2 aromatic rings. The van der Waals surface area contributed by atoms with Crippen LogP contribution < -0.4 is 5.32 Å². The van der Waals surface area contributed by atoms with Crippen molar-refractivity contribution in [2.75, 3.05) is 11.9 Å². The monoisotopic (exact) mass is 463 g/mol. The van der Waals surface area contributed by atoms with Crippen molar-refractivity contribution in [1.82, 2.24) is 0 Å². The largest absolute Gasteiger partial charge is 0.462 e. The van der Waals surface area contributed by atoms with Crippen molar-refractivity contribution < 1.29 is 27.5 Å². The average Bonchev–Trinajstić information content (AvgIpc) is 2.56. The summed E-state index contributed by atoms with van der Waals surface area (Å²) in [7, 11) is 0. The molecule has 0 heterocycles. The minimum Gasteiger partial charge on any atom is -0.462 e. The molecule has 0 fully saturated rings. The lowest BCUT2D eigenvalue weighted by Gasteiger charge is -2.12. The lowest BCUT2D eigenvalue weighted by atomic mass is 10.1. The molecule has 0 aliphatic heterocycles.